The first-order valence-corrected chi connectivity index (χ1v) is 9.10. The molecule has 3 aromatic rings. The Kier molecular flexibility index (Phi) is 3.51. The van der Waals surface area contributed by atoms with E-state index in [1.165, 1.54) is 10.1 Å². The van der Waals surface area contributed by atoms with E-state index in [9.17, 15) is 4.79 Å². The molecule has 5 rings (SSSR count). The van der Waals surface area contributed by atoms with Crippen LogP contribution in [-0.2, 0) is 23.3 Å². The third-order valence-corrected chi connectivity index (χ3v) is 5.60. The maximum absolute atomic E-state index is 12.2. The topological polar surface area (TPSA) is 91.3 Å². The lowest BCUT2D eigenvalue weighted by molar-refractivity contribution is -0.102. The van der Waals surface area contributed by atoms with Crippen LogP contribution >= 0.6 is 0 Å². The fourth-order valence-corrected chi connectivity index (χ4v) is 4.26. The number of hydrogen-bond donors (Lipinski definition) is 2. The van der Waals surface area contributed by atoms with Crippen molar-refractivity contribution in [2.45, 2.75) is 38.3 Å². The Balaban J connectivity index is 1.33. The number of nitrogens with one attached hydrogen (secondary N) is 2. The molecular formula is C18H22N6O2. The van der Waals surface area contributed by atoms with Crippen LogP contribution < -0.4 is 5.56 Å². The van der Waals surface area contributed by atoms with Gasteiger partial charge in [0.1, 0.15) is 5.60 Å². The highest BCUT2D eigenvalue weighted by Gasteiger charge is 2.42. The molecule has 0 bridgehead atoms. The molecule has 3 aromatic heterocycles. The molecular weight excluding hydrogens is 332 g/mol. The second-order valence-corrected chi connectivity index (χ2v) is 7.36. The first-order chi connectivity index (χ1) is 12.6. The third-order valence-electron chi connectivity index (χ3n) is 5.60. The Morgan fingerprint density at radius 2 is 2.15 bits per heavy atom. The first kappa shape index (κ1) is 15.8. The Hall–Kier alpha value is -2.45. The quantitative estimate of drug-likeness (QED) is 0.720. The molecule has 2 aliphatic heterocycles. The van der Waals surface area contributed by atoms with Crippen molar-refractivity contribution in [3.63, 3.8) is 0 Å². The molecule has 136 valence electrons. The molecule has 0 radical (unpaired) electrons. The summed E-state index contributed by atoms with van der Waals surface area (Å²) in [7, 11) is 0. The van der Waals surface area contributed by atoms with E-state index < -0.39 is 0 Å². The van der Waals surface area contributed by atoms with Crippen molar-refractivity contribution in [3.05, 3.63) is 51.3 Å². The van der Waals surface area contributed by atoms with Crippen molar-refractivity contribution in [3.8, 4) is 0 Å². The number of aromatic nitrogens is 5. The predicted octanol–water partition coefficient (Wildman–Crippen LogP) is 1.12. The second-order valence-electron chi connectivity index (χ2n) is 7.36. The average molecular weight is 354 g/mol. The van der Waals surface area contributed by atoms with Crippen LogP contribution in [0.4, 0.5) is 0 Å². The van der Waals surface area contributed by atoms with Gasteiger partial charge in [0.25, 0.3) is 5.56 Å². The van der Waals surface area contributed by atoms with Crippen LogP contribution in [0.25, 0.3) is 5.65 Å². The van der Waals surface area contributed by atoms with Crippen molar-refractivity contribution < 1.29 is 4.74 Å². The molecule has 2 N–H and O–H groups in total. The molecule has 0 aromatic carbocycles. The van der Waals surface area contributed by atoms with E-state index in [1.807, 2.05) is 19.2 Å². The van der Waals surface area contributed by atoms with Crippen molar-refractivity contribution >= 4 is 5.65 Å². The van der Waals surface area contributed by atoms with Gasteiger partial charge in [-0.25, -0.2) is 9.50 Å². The summed E-state index contributed by atoms with van der Waals surface area (Å²) < 4.78 is 7.68. The Labute approximate surface area is 150 Å². The average Bonchev–Trinajstić information content (AvgIpc) is 3.24. The van der Waals surface area contributed by atoms with Gasteiger partial charge in [0, 0.05) is 37.5 Å². The van der Waals surface area contributed by atoms with Crippen molar-refractivity contribution in [2.24, 2.45) is 0 Å². The number of fused-ring (bicyclic) bond motifs is 3. The van der Waals surface area contributed by atoms with Crippen LogP contribution in [0, 0.1) is 6.92 Å². The minimum Gasteiger partial charge on any atom is -0.368 e. The lowest BCUT2D eigenvalue weighted by Gasteiger charge is -2.43. The largest absolute Gasteiger partial charge is 0.368 e. The smallest absolute Gasteiger partial charge is 0.272 e. The summed E-state index contributed by atoms with van der Waals surface area (Å²) in [6.07, 6.45) is 4.71. The van der Waals surface area contributed by atoms with Crippen LogP contribution in [0.3, 0.4) is 0 Å². The van der Waals surface area contributed by atoms with Crippen LogP contribution in [0.2, 0.25) is 0 Å². The summed E-state index contributed by atoms with van der Waals surface area (Å²) in [5.74, 6) is 0. The molecule has 0 saturated carbocycles. The molecule has 0 unspecified atom stereocenters. The molecule has 8 heteroatoms. The summed E-state index contributed by atoms with van der Waals surface area (Å²) in [6, 6.07) is 3.52. The molecule has 8 nitrogen and oxygen atoms in total. The fourth-order valence-electron chi connectivity index (χ4n) is 4.26. The zero-order valence-corrected chi connectivity index (χ0v) is 14.8. The van der Waals surface area contributed by atoms with Crippen molar-refractivity contribution in [1.29, 1.82) is 0 Å². The van der Waals surface area contributed by atoms with Gasteiger partial charge in [0.15, 0.2) is 5.65 Å². The highest BCUT2D eigenvalue weighted by Crippen LogP contribution is 2.40. The molecule has 1 saturated heterocycles. The van der Waals surface area contributed by atoms with E-state index in [0.29, 0.717) is 12.2 Å². The summed E-state index contributed by atoms with van der Waals surface area (Å²) in [6.45, 7) is 5.18. The number of aromatic amines is 2. The Morgan fingerprint density at radius 1 is 1.31 bits per heavy atom. The molecule has 0 amide bonds. The zero-order chi connectivity index (χ0) is 17.7. The molecule has 1 spiro atoms. The number of ether oxygens (including phenoxy) is 1. The minimum absolute atomic E-state index is 0.0655. The second kappa shape index (κ2) is 5.78. The fraction of sp³-hybridized carbons (Fsp3) is 0.500. The van der Waals surface area contributed by atoms with E-state index in [2.05, 4.69) is 25.2 Å². The summed E-state index contributed by atoms with van der Waals surface area (Å²) in [5, 5.41) is 10.4. The van der Waals surface area contributed by atoms with E-state index in [0.717, 1.165) is 56.0 Å². The molecule has 0 atom stereocenters. The van der Waals surface area contributed by atoms with E-state index in [1.54, 1.807) is 6.07 Å². The zero-order valence-electron chi connectivity index (χ0n) is 14.8. The lowest BCUT2D eigenvalue weighted by Crippen LogP contribution is -2.46. The number of piperidine rings is 1. The van der Waals surface area contributed by atoms with Gasteiger partial charge in [-0.05, 0) is 31.7 Å². The van der Waals surface area contributed by atoms with Gasteiger partial charge in [-0.2, -0.15) is 5.10 Å². The van der Waals surface area contributed by atoms with E-state index in [-0.39, 0.29) is 11.2 Å². The normalized spacial score (nSPS) is 19.9. The Bertz CT molecular complexity index is 1010. The van der Waals surface area contributed by atoms with Gasteiger partial charge in [-0.1, -0.05) is 0 Å². The predicted molar refractivity (Wildman–Crippen MR) is 95.0 cm³/mol. The SMILES string of the molecule is Cc1cc2nc(CN3CCC4(CC3)OCCc3cn[nH]c34)cc(=O)n2[nH]1. The number of aryl methyl sites for hydroxylation is 1. The van der Waals surface area contributed by atoms with Gasteiger partial charge in [-0.3, -0.25) is 19.9 Å². The van der Waals surface area contributed by atoms with Gasteiger partial charge < -0.3 is 4.74 Å². The summed E-state index contributed by atoms with van der Waals surface area (Å²) >= 11 is 0. The lowest BCUT2D eigenvalue weighted by atomic mass is 9.84. The maximum Gasteiger partial charge on any atom is 0.272 e. The van der Waals surface area contributed by atoms with Crippen LogP contribution in [0.1, 0.15) is 35.5 Å². The van der Waals surface area contributed by atoms with Gasteiger partial charge in [-0.15, -0.1) is 0 Å². The van der Waals surface area contributed by atoms with Crippen LogP contribution in [0.15, 0.2) is 23.1 Å². The molecule has 5 heterocycles. The number of hydrogen-bond acceptors (Lipinski definition) is 5. The number of H-pyrrole nitrogens is 2. The van der Waals surface area contributed by atoms with Crippen LogP contribution in [0.5, 0.6) is 0 Å². The summed E-state index contributed by atoms with van der Waals surface area (Å²) in [5.41, 5.74) is 4.57. The monoisotopic (exact) mass is 354 g/mol. The standard InChI is InChI=1S/C18H22N6O2/c1-12-8-15-20-14(9-16(25)24(15)22-12)11-23-5-3-18(4-6-23)17-13(2-7-26-18)10-19-21-17/h8-10,22H,2-7,11H2,1H3,(H,19,21). The minimum atomic E-state index is -0.227. The highest BCUT2D eigenvalue weighted by atomic mass is 16.5. The molecule has 2 aliphatic rings. The molecule has 26 heavy (non-hydrogen) atoms. The van der Waals surface area contributed by atoms with Crippen molar-refractivity contribution in [2.75, 3.05) is 19.7 Å². The number of likely N-dealkylation sites (tertiary alicyclic amines) is 1. The summed E-state index contributed by atoms with van der Waals surface area (Å²) in [4.78, 5) is 19.2. The van der Waals surface area contributed by atoms with Gasteiger partial charge >= 0.3 is 0 Å². The highest BCUT2D eigenvalue weighted by molar-refractivity contribution is 5.39. The Morgan fingerprint density at radius 3 is 3.00 bits per heavy atom. The van der Waals surface area contributed by atoms with Crippen molar-refractivity contribution in [1.82, 2.24) is 29.7 Å². The van der Waals surface area contributed by atoms with E-state index >= 15 is 0 Å². The number of nitrogens with zero attached hydrogens (tertiary/aromatic N) is 4. The number of rotatable bonds is 2. The maximum atomic E-state index is 12.2. The van der Waals surface area contributed by atoms with Crippen LogP contribution in [-0.4, -0.2) is 49.4 Å². The van der Waals surface area contributed by atoms with Gasteiger partial charge in [0.2, 0.25) is 0 Å². The first-order valence-electron chi connectivity index (χ1n) is 9.10. The molecule has 1 fully saturated rings. The molecule has 0 aliphatic carbocycles. The third kappa shape index (κ3) is 2.48. The van der Waals surface area contributed by atoms with E-state index in [4.69, 9.17) is 4.74 Å². The van der Waals surface area contributed by atoms with Gasteiger partial charge in [0.05, 0.1) is 24.2 Å².